The number of nitrogen functional groups attached to an aromatic ring is 1. The van der Waals surface area contributed by atoms with E-state index in [1.165, 1.54) is 18.6 Å². The van der Waals surface area contributed by atoms with Gasteiger partial charge in [-0.3, -0.25) is 0 Å². The summed E-state index contributed by atoms with van der Waals surface area (Å²) in [4.78, 5) is 10.1. The van der Waals surface area contributed by atoms with E-state index in [0.717, 1.165) is 47.1 Å². The van der Waals surface area contributed by atoms with Crippen LogP contribution in [0.4, 0.5) is 10.2 Å². The number of aromatic nitrogens is 2. The fourth-order valence-electron chi connectivity index (χ4n) is 2.51. The zero-order chi connectivity index (χ0) is 14.7. The zero-order valence-corrected chi connectivity index (χ0v) is 12.4. The summed E-state index contributed by atoms with van der Waals surface area (Å²) < 4.78 is 12.9. The Kier molecular flexibility index (Phi) is 4.36. The Morgan fingerprint density at radius 1 is 1.14 bits per heavy atom. The summed E-state index contributed by atoms with van der Waals surface area (Å²) in [6.07, 6.45) is 4.30. The van der Waals surface area contributed by atoms with Gasteiger partial charge in [-0.2, -0.15) is 0 Å². The van der Waals surface area contributed by atoms with Gasteiger partial charge in [-0.25, -0.2) is 20.2 Å². The van der Waals surface area contributed by atoms with Gasteiger partial charge in [0.2, 0.25) is 0 Å². The molecule has 0 saturated heterocycles. The molecule has 0 atom stereocenters. The fourth-order valence-corrected chi connectivity index (χ4v) is 3.26. The minimum Gasteiger partial charge on any atom is -0.308 e. The summed E-state index contributed by atoms with van der Waals surface area (Å²) in [6.45, 7) is 0. The van der Waals surface area contributed by atoms with Gasteiger partial charge in [0.15, 0.2) is 0 Å². The smallest absolute Gasteiger partial charge is 0.147 e. The van der Waals surface area contributed by atoms with E-state index in [2.05, 4.69) is 15.4 Å². The molecule has 0 amide bonds. The number of aryl methyl sites for hydroxylation is 1. The molecule has 0 aliphatic heterocycles. The highest BCUT2D eigenvalue weighted by molar-refractivity contribution is 7.98. The third-order valence-corrected chi connectivity index (χ3v) is 4.56. The van der Waals surface area contributed by atoms with E-state index in [1.807, 2.05) is 0 Å². The molecule has 1 aliphatic carbocycles. The number of fused-ring (bicyclic) bond motifs is 1. The summed E-state index contributed by atoms with van der Waals surface area (Å²) in [7, 11) is 0. The van der Waals surface area contributed by atoms with E-state index >= 15 is 0 Å². The van der Waals surface area contributed by atoms with Crippen LogP contribution < -0.4 is 11.3 Å². The van der Waals surface area contributed by atoms with Crippen LogP contribution in [0.2, 0.25) is 0 Å². The van der Waals surface area contributed by atoms with Crippen LogP contribution in [0.25, 0.3) is 0 Å². The highest BCUT2D eigenvalue weighted by atomic mass is 32.2. The molecule has 1 aromatic carbocycles. The third kappa shape index (κ3) is 3.33. The molecule has 0 fully saturated rings. The summed E-state index contributed by atoms with van der Waals surface area (Å²) in [5.41, 5.74) is 4.95. The first-order valence-electron chi connectivity index (χ1n) is 7.00. The van der Waals surface area contributed by atoms with Crippen molar-refractivity contribution in [1.82, 2.24) is 9.97 Å². The Hall–Kier alpha value is -1.66. The van der Waals surface area contributed by atoms with Gasteiger partial charge in [-0.1, -0.05) is 0 Å². The van der Waals surface area contributed by atoms with Crippen molar-refractivity contribution in [3.8, 4) is 0 Å². The number of hydrogen-bond acceptors (Lipinski definition) is 5. The summed E-state index contributed by atoms with van der Waals surface area (Å²) in [5, 5.41) is 0. The van der Waals surface area contributed by atoms with Crippen molar-refractivity contribution in [3.63, 3.8) is 0 Å². The number of hydrogen-bond donors (Lipinski definition) is 2. The minimum absolute atomic E-state index is 0.223. The van der Waals surface area contributed by atoms with E-state index in [0.29, 0.717) is 5.75 Å². The summed E-state index contributed by atoms with van der Waals surface area (Å²) >= 11 is 1.59. The van der Waals surface area contributed by atoms with E-state index < -0.39 is 0 Å². The van der Waals surface area contributed by atoms with Crippen LogP contribution >= 0.6 is 11.8 Å². The molecule has 3 rings (SSSR count). The number of rotatable bonds is 4. The number of nitrogens with two attached hydrogens (primary N) is 1. The molecule has 0 bridgehead atoms. The van der Waals surface area contributed by atoms with Crippen LogP contribution in [0.15, 0.2) is 29.2 Å². The molecule has 0 radical (unpaired) electrons. The van der Waals surface area contributed by atoms with E-state index in [1.54, 1.807) is 23.9 Å². The Balaban J connectivity index is 1.77. The second kappa shape index (κ2) is 6.41. The highest BCUT2D eigenvalue weighted by Gasteiger charge is 2.17. The number of anilines is 1. The maximum absolute atomic E-state index is 12.9. The van der Waals surface area contributed by atoms with Gasteiger partial charge in [-0.05, 0) is 49.9 Å². The molecule has 21 heavy (non-hydrogen) atoms. The minimum atomic E-state index is -0.223. The zero-order valence-electron chi connectivity index (χ0n) is 11.6. The maximum Gasteiger partial charge on any atom is 0.147 e. The number of hydrazine groups is 1. The lowest BCUT2D eigenvalue weighted by Crippen LogP contribution is -2.17. The molecule has 6 heteroatoms. The summed E-state index contributed by atoms with van der Waals surface area (Å²) in [5.74, 6) is 7.51. The lowest BCUT2D eigenvalue weighted by molar-refractivity contribution is 0.626. The number of nitrogens with one attached hydrogen (secondary N) is 1. The van der Waals surface area contributed by atoms with Gasteiger partial charge in [0, 0.05) is 16.2 Å². The normalized spacial score (nSPS) is 13.8. The van der Waals surface area contributed by atoms with Crippen LogP contribution in [0.5, 0.6) is 0 Å². The topological polar surface area (TPSA) is 63.8 Å². The molecular weight excluding hydrogens is 287 g/mol. The number of halogens is 1. The second-order valence-electron chi connectivity index (χ2n) is 5.01. The lowest BCUT2D eigenvalue weighted by atomic mass is 9.96. The van der Waals surface area contributed by atoms with Gasteiger partial charge < -0.3 is 5.43 Å². The molecule has 0 spiro atoms. The van der Waals surface area contributed by atoms with Gasteiger partial charge in [-0.15, -0.1) is 11.8 Å². The van der Waals surface area contributed by atoms with Crippen molar-refractivity contribution < 1.29 is 4.39 Å². The van der Waals surface area contributed by atoms with Crippen LogP contribution in [-0.4, -0.2) is 9.97 Å². The van der Waals surface area contributed by atoms with Crippen LogP contribution in [0.3, 0.4) is 0 Å². The SMILES string of the molecule is NNc1nc(CSc2ccc(F)cc2)nc2c1CCCC2. The standard InChI is InChI=1S/C15H17FN4S/c16-10-5-7-11(8-6-10)21-9-14-18-13-4-2-1-3-12(13)15(19-14)20-17/h5-8H,1-4,9,17H2,(H,18,19,20). The maximum atomic E-state index is 12.9. The third-order valence-electron chi connectivity index (χ3n) is 3.55. The average molecular weight is 304 g/mol. The Morgan fingerprint density at radius 2 is 1.90 bits per heavy atom. The molecule has 1 heterocycles. The molecule has 2 aromatic rings. The molecule has 0 unspecified atom stereocenters. The van der Waals surface area contributed by atoms with Gasteiger partial charge in [0.05, 0.1) is 5.75 Å². The number of benzene rings is 1. The van der Waals surface area contributed by atoms with Crippen LogP contribution in [-0.2, 0) is 18.6 Å². The van der Waals surface area contributed by atoms with Gasteiger partial charge >= 0.3 is 0 Å². The second-order valence-corrected chi connectivity index (χ2v) is 6.06. The molecule has 110 valence electrons. The lowest BCUT2D eigenvalue weighted by Gasteiger charge is -2.18. The first kappa shape index (κ1) is 14.3. The first-order chi connectivity index (χ1) is 10.3. The predicted molar refractivity (Wildman–Crippen MR) is 82.4 cm³/mol. The Bertz CT molecular complexity index is 613. The molecule has 0 saturated carbocycles. The Morgan fingerprint density at radius 3 is 2.67 bits per heavy atom. The van der Waals surface area contributed by atoms with E-state index in [-0.39, 0.29) is 5.82 Å². The molecular formula is C15H17FN4S. The van der Waals surface area contributed by atoms with E-state index in [9.17, 15) is 4.39 Å². The summed E-state index contributed by atoms with van der Waals surface area (Å²) in [6, 6.07) is 6.45. The molecule has 3 N–H and O–H groups in total. The molecule has 1 aromatic heterocycles. The fraction of sp³-hybridized carbons (Fsp3) is 0.333. The van der Waals surface area contributed by atoms with Crippen molar-refractivity contribution in [2.24, 2.45) is 5.84 Å². The van der Waals surface area contributed by atoms with Crippen LogP contribution in [0.1, 0.15) is 29.9 Å². The monoisotopic (exact) mass is 304 g/mol. The largest absolute Gasteiger partial charge is 0.308 e. The van der Waals surface area contributed by atoms with Gasteiger partial charge in [0.1, 0.15) is 17.5 Å². The van der Waals surface area contributed by atoms with Crippen molar-refractivity contribution in [2.75, 3.05) is 5.43 Å². The Labute approximate surface area is 127 Å². The van der Waals surface area contributed by atoms with Crippen molar-refractivity contribution >= 4 is 17.6 Å². The van der Waals surface area contributed by atoms with Crippen molar-refractivity contribution in [2.45, 2.75) is 36.3 Å². The van der Waals surface area contributed by atoms with Crippen molar-refractivity contribution in [3.05, 3.63) is 47.2 Å². The van der Waals surface area contributed by atoms with Crippen LogP contribution in [0, 0.1) is 5.82 Å². The van der Waals surface area contributed by atoms with E-state index in [4.69, 9.17) is 5.84 Å². The average Bonchev–Trinajstić information content (AvgIpc) is 2.53. The quantitative estimate of drug-likeness (QED) is 0.516. The molecule has 4 nitrogen and oxygen atoms in total. The van der Waals surface area contributed by atoms with Gasteiger partial charge in [0.25, 0.3) is 0 Å². The first-order valence-corrected chi connectivity index (χ1v) is 7.98. The predicted octanol–water partition coefficient (Wildman–Crippen LogP) is 3.07. The molecule has 1 aliphatic rings. The number of nitrogens with zero attached hydrogens (tertiary/aromatic N) is 2. The van der Waals surface area contributed by atoms with Crippen molar-refractivity contribution in [1.29, 1.82) is 0 Å². The highest BCUT2D eigenvalue weighted by Crippen LogP contribution is 2.27. The number of thioether (sulfide) groups is 1.